The van der Waals surface area contributed by atoms with Gasteiger partial charge in [-0.1, -0.05) is 18.9 Å². The van der Waals surface area contributed by atoms with Crippen molar-refractivity contribution < 1.29 is 14.7 Å². The van der Waals surface area contributed by atoms with Crippen molar-refractivity contribution in [1.29, 1.82) is 0 Å². The van der Waals surface area contributed by atoms with Gasteiger partial charge in [0.05, 0.1) is 5.56 Å². The number of hydrogen-bond donors (Lipinski definition) is 2. The standard InChI is InChI=1S/C32H41N7O4/c1-20-26-18-34-32(36-30(26)39(25-5-3-4-6-25)31(43)29(20)21(2)41)35-27-8-7-23(17-33-27)22-9-13-37(14-10-22)24-11-15-38(16-12-24)28(42)19-40/h7-8,17-18,22,24-25,40H,3-6,9-16,19H2,1-2H3,(H,33,34,35,36). The van der Waals surface area contributed by atoms with E-state index in [1.54, 1.807) is 22.6 Å². The lowest BCUT2D eigenvalue weighted by atomic mass is 9.89. The van der Waals surface area contributed by atoms with Crippen LogP contribution in [0.3, 0.4) is 0 Å². The molecule has 0 aromatic carbocycles. The third-order valence-corrected chi connectivity index (χ3v) is 9.75. The number of anilines is 2. The zero-order valence-electron chi connectivity index (χ0n) is 25.1. The number of nitrogens with one attached hydrogen (secondary N) is 1. The minimum Gasteiger partial charge on any atom is -0.387 e. The molecule has 3 aliphatic rings. The number of carbonyl (C=O) groups is 2. The number of aliphatic hydroxyl groups excluding tert-OH is 1. The minimum absolute atomic E-state index is 0.0311. The molecule has 43 heavy (non-hydrogen) atoms. The number of rotatable bonds is 7. The van der Waals surface area contributed by atoms with Crippen molar-refractivity contribution in [3.63, 3.8) is 0 Å². The SMILES string of the molecule is CC(=O)c1c(C)c2cnc(Nc3ccc(C4CCN(C5CCN(C(=O)CO)CC5)CC4)cn3)nc2n(C2CCCC2)c1=O. The van der Waals surface area contributed by atoms with E-state index in [9.17, 15) is 14.4 Å². The number of carbonyl (C=O) groups excluding carboxylic acids is 2. The van der Waals surface area contributed by atoms with Gasteiger partial charge in [0, 0.05) is 43.0 Å². The van der Waals surface area contributed by atoms with Crippen LogP contribution in [0.2, 0.25) is 0 Å². The second-order valence-electron chi connectivity index (χ2n) is 12.3. The molecule has 1 aliphatic carbocycles. The Morgan fingerprint density at radius 3 is 2.30 bits per heavy atom. The van der Waals surface area contributed by atoms with Gasteiger partial charge in [-0.15, -0.1) is 0 Å². The summed E-state index contributed by atoms with van der Waals surface area (Å²) in [5.41, 5.74) is 2.38. The lowest BCUT2D eigenvalue weighted by Crippen LogP contribution is -2.49. The molecule has 1 amide bonds. The Morgan fingerprint density at radius 1 is 0.953 bits per heavy atom. The van der Waals surface area contributed by atoms with Crippen LogP contribution < -0.4 is 10.9 Å². The van der Waals surface area contributed by atoms with Crippen LogP contribution in [-0.4, -0.2) is 84.9 Å². The first-order valence-electron chi connectivity index (χ1n) is 15.6. The highest BCUT2D eigenvalue weighted by atomic mass is 16.3. The van der Waals surface area contributed by atoms with E-state index in [1.165, 1.54) is 12.5 Å². The maximum Gasteiger partial charge on any atom is 0.263 e. The molecule has 1 saturated carbocycles. The second-order valence-corrected chi connectivity index (χ2v) is 12.3. The van der Waals surface area contributed by atoms with Crippen LogP contribution in [0.25, 0.3) is 11.0 Å². The summed E-state index contributed by atoms with van der Waals surface area (Å²) in [6, 6.07) is 4.60. The summed E-state index contributed by atoms with van der Waals surface area (Å²) in [5.74, 6) is 1.05. The Bertz CT molecular complexity index is 1550. The molecule has 2 aliphatic heterocycles. The van der Waals surface area contributed by atoms with Gasteiger partial charge in [0.15, 0.2) is 5.78 Å². The summed E-state index contributed by atoms with van der Waals surface area (Å²) in [5, 5.41) is 13.1. The Labute approximate surface area is 251 Å². The number of aromatic nitrogens is 4. The van der Waals surface area contributed by atoms with Gasteiger partial charge < -0.3 is 20.2 Å². The molecule has 5 heterocycles. The monoisotopic (exact) mass is 587 g/mol. The normalized spacial score (nSPS) is 19.3. The van der Waals surface area contributed by atoms with Crippen molar-refractivity contribution in [3.05, 3.63) is 51.6 Å². The highest BCUT2D eigenvalue weighted by molar-refractivity contribution is 5.99. The Balaban J connectivity index is 1.13. The highest BCUT2D eigenvalue weighted by Gasteiger charge is 2.30. The maximum absolute atomic E-state index is 13.5. The van der Waals surface area contributed by atoms with E-state index in [1.807, 2.05) is 12.3 Å². The van der Waals surface area contributed by atoms with Crippen LogP contribution >= 0.6 is 0 Å². The topological polar surface area (TPSA) is 134 Å². The second kappa shape index (κ2) is 12.5. The predicted octanol–water partition coefficient (Wildman–Crippen LogP) is 3.72. The van der Waals surface area contributed by atoms with Gasteiger partial charge in [-0.25, -0.2) is 9.97 Å². The summed E-state index contributed by atoms with van der Waals surface area (Å²) in [4.78, 5) is 55.9. The summed E-state index contributed by atoms with van der Waals surface area (Å²) >= 11 is 0. The van der Waals surface area contributed by atoms with Gasteiger partial charge in [-0.05, 0) is 88.6 Å². The van der Waals surface area contributed by atoms with Crippen molar-refractivity contribution in [2.75, 3.05) is 38.1 Å². The molecule has 3 aromatic heterocycles. The molecule has 3 fully saturated rings. The van der Waals surface area contributed by atoms with E-state index in [2.05, 4.69) is 26.3 Å². The number of likely N-dealkylation sites (tertiary alicyclic amines) is 2. The largest absolute Gasteiger partial charge is 0.387 e. The molecule has 11 heteroatoms. The average molecular weight is 588 g/mol. The smallest absolute Gasteiger partial charge is 0.263 e. The van der Waals surface area contributed by atoms with Crippen LogP contribution in [-0.2, 0) is 4.79 Å². The molecule has 0 spiro atoms. The van der Waals surface area contributed by atoms with Crippen molar-refractivity contribution in [3.8, 4) is 0 Å². The molecule has 0 unspecified atom stereocenters. The molecule has 6 rings (SSSR count). The third-order valence-electron chi connectivity index (χ3n) is 9.75. The Kier molecular flexibility index (Phi) is 8.54. The number of ketones is 1. The Morgan fingerprint density at radius 2 is 1.67 bits per heavy atom. The van der Waals surface area contributed by atoms with E-state index in [0.29, 0.717) is 34.9 Å². The van der Waals surface area contributed by atoms with Gasteiger partial charge >= 0.3 is 0 Å². The van der Waals surface area contributed by atoms with Crippen LogP contribution in [0, 0.1) is 6.92 Å². The van der Waals surface area contributed by atoms with Crippen LogP contribution in [0.15, 0.2) is 29.3 Å². The molecule has 0 bridgehead atoms. The van der Waals surface area contributed by atoms with E-state index in [0.717, 1.165) is 82.9 Å². The molecular weight excluding hydrogens is 546 g/mol. The van der Waals surface area contributed by atoms with E-state index in [4.69, 9.17) is 10.1 Å². The number of aliphatic hydroxyl groups is 1. The predicted molar refractivity (Wildman–Crippen MR) is 164 cm³/mol. The maximum atomic E-state index is 13.5. The first-order chi connectivity index (χ1) is 20.8. The molecular formula is C32H41N7O4. The first-order valence-corrected chi connectivity index (χ1v) is 15.6. The lowest BCUT2D eigenvalue weighted by molar-refractivity contribution is -0.135. The van der Waals surface area contributed by atoms with Gasteiger partial charge in [-0.2, -0.15) is 4.98 Å². The number of piperidine rings is 2. The van der Waals surface area contributed by atoms with Gasteiger partial charge in [-0.3, -0.25) is 19.0 Å². The molecule has 2 N–H and O–H groups in total. The quantitative estimate of drug-likeness (QED) is 0.397. The van der Waals surface area contributed by atoms with E-state index in [-0.39, 0.29) is 28.9 Å². The molecule has 3 aromatic rings. The molecule has 0 atom stereocenters. The molecule has 11 nitrogen and oxygen atoms in total. The van der Waals surface area contributed by atoms with E-state index < -0.39 is 6.61 Å². The molecule has 2 saturated heterocycles. The molecule has 228 valence electrons. The Hall–Kier alpha value is -3.70. The minimum atomic E-state index is -0.404. The van der Waals surface area contributed by atoms with Crippen molar-refractivity contribution in [1.82, 2.24) is 29.3 Å². The number of amides is 1. The number of aryl methyl sites for hydroxylation is 1. The number of hydrogen-bond acceptors (Lipinski definition) is 9. The summed E-state index contributed by atoms with van der Waals surface area (Å²) in [6.07, 6.45) is 11.6. The molecule has 0 radical (unpaired) electrons. The van der Waals surface area contributed by atoms with Crippen molar-refractivity contribution in [2.24, 2.45) is 0 Å². The fourth-order valence-electron chi connectivity index (χ4n) is 7.32. The first kappa shape index (κ1) is 29.4. The number of pyridine rings is 2. The highest BCUT2D eigenvalue weighted by Crippen LogP contribution is 2.33. The van der Waals surface area contributed by atoms with E-state index >= 15 is 0 Å². The van der Waals surface area contributed by atoms with Gasteiger partial charge in [0.2, 0.25) is 11.9 Å². The van der Waals surface area contributed by atoms with Gasteiger partial charge in [0.1, 0.15) is 18.1 Å². The van der Waals surface area contributed by atoms with Gasteiger partial charge in [0.25, 0.3) is 5.56 Å². The number of fused-ring (bicyclic) bond motifs is 1. The summed E-state index contributed by atoms with van der Waals surface area (Å²) in [6.45, 7) is 6.34. The fourth-order valence-corrected chi connectivity index (χ4v) is 7.32. The summed E-state index contributed by atoms with van der Waals surface area (Å²) in [7, 11) is 0. The van der Waals surface area contributed by atoms with Crippen LogP contribution in [0.1, 0.15) is 91.7 Å². The zero-order chi connectivity index (χ0) is 30.1. The lowest BCUT2D eigenvalue weighted by Gasteiger charge is -2.41. The van der Waals surface area contributed by atoms with Crippen LogP contribution in [0.4, 0.5) is 11.8 Å². The fraction of sp³-hybridized carbons (Fsp3) is 0.562. The van der Waals surface area contributed by atoms with Crippen LogP contribution in [0.5, 0.6) is 0 Å². The van der Waals surface area contributed by atoms with Crippen molar-refractivity contribution >= 4 is 34.5 Å². The zero-order valence-corrected chi connectivity index (χ0v) is 25.1. The third kappa shape index (κ3) is 5.92. The van der Waals surface area contributed by atoms with Crippen molar-refractivity contribution in [2.45, 2.75) is 83.2 Å². The average Bonchev–Trinajstić information content (AvgIpc) is 3.56. The number of Topliss-reactive ketones (excluding diaryl/α,β-unsaturated/α-hetero) is 1. The summed E-state index contributed by atoms with van der Waals surface area (Å²) < 4.78 is 1.72. The number of nitrogens with zero attached hydrogens (tertiary/aromatic N) is 6.